The first-order valence-electron chi connectivity index (χ1n) is 8.05. The molecule has 2 aromatic carbocycles. The van der Waals surface area contributed by atoms with Crippen molar-refractivity contribution in [2.45, 2.75) is 24.8 Å². The number of rotatable bonds is 6. The lowest BCUT2D eigenvalue weighted by Gasteiger charge is -2.19. The summed E-state index contributed by atoms with van der Waals surface area (Å²) in [5.41, 5.74) is 0.831. The predicted molar refractivity (Wildman–Crippen MR) is 122 cm³/mol. The molecule has 1 atom stereocenters. The lowest BCUT2D eigenvalue weighted by molar-refractivity contribution is -0.143. The Labute approximate surface area is 195 Å². The maximum absolute atomic E-state index is 12.6. The summed E-state index contributed by atoms with van der Waals surface area (Å²) in [6, 6.07) is 8.20. The van der Waals surface area contributed by atoms with Gasteiger partial charge in [0, 0.05) is 14.7 Å². The van der Waals surface area contributed by atoms with E-state index in [1.165, 1.54) is 19.1 Å². The molecule has 10 heteroatoms. The van der Waals surface area contributed by atoms with Gasteiger partial charge in [-0.1, -0.05) is 6.58 Å². The molecule has 0 fully saturated rings. The van der Waals surface area contributed by atoms with Crippen LogP contribution in [0.1, 0.15) is 35.9 Å². The first kappa shape index (κ1) is 23.8. The van der Waals surface area contributed by atoms with Gasteiger partial charge < -0.3 is 9.47 Å². The molecule has 0 bridgehead atoms. The number of carbonyl (C=O) groups excluding carboxylic acids is 2. The number of halogens is 2. The molecule has 0 aliphatic rings. The molecule has 0 amide bonds. The van der Waals surface area contributed by atoms with Crippen LogP contribution in [-0.4, -0.2) is 24.9 Å². The van der Waals surface area contributed by atoms with Gasteiger partial charge in [-0.3, -0.25) is 4.55 Å². The summed E-state index contributed by atoms with van der Waals surface area (Å²) in [5, 5.41) is 0. The van der Waals surface area contributed by atoms with Gasteiger partial charge in [-0.25, -0.2) is 9.59 Å². The smallest absolute Gasteiger partial charge is 0.343 e. The Bertz CT molecular complexity index is 1080. The van der Waals surface area contributed by atoms with Crippen LogP contribution in [0.5, 0.6) is 5.75 Å². The molecule has 0 radical (unpaired) electrons. The average molecular weight is 642 g/mol. The molecule has 29 heavy (non-hydrogen) atoms. The molecule has 154 valence electrons. The lowest BCUT2D eigenvalue weighted by Crippen LogP contribution is -2.15. The van der Waals surface area contributed by atoms with Gasteiger partial charge in [-0.05, 0) is 95.4 Å². The first-order valence-corrected chi connectivity index (χ1v) is 11.6. The van der Waals surface area contributed by atoms with Gasteiger partial charge in [0.15, 0.2) is 5.75 Å². The van der Waals surface area contributed by atoms with E-state index in [1.807, 2.05) is 22.6 Å². The summed E-state index contributed by atoms with van der Waals surface area (Å²) >= 11 is 4.11. The van der Waals surface area contributed by atoms with Crippen molar-refractivity contribution in [2.24, 2.45) is 0 Å². The van der Waals surface area contributed by atoms with Crippen LogP contribution < -0.4 is 4.74 Å². The van der Waals surface area contributed by atoms with E-state index in [0.29, 0.717) is 9.13 Å². The quantitative estimate of drug-likeness (QED) is 0.162. The van der Waals surface area contributed by atoms with Crippen LogP contribution in [0.2, 0.25) is 0 Å². The monoisotopic (exact) mass is 642 g/mol. The van der Waals surface area contributed by atoms with Gasteiger partial charge in [0.05, 0.1) is 14.0 Å². The topological polar surface area (TPSA) is 107 Å². The third kappa shape index (κ3) is 6.23. The molecular formula is C19H16I2O7S. The number of hydrogen-bond acceptors (Lipinski definition) is 6. The molecule has 0 aliphatic heterocycles. The number of hydrogen-bond donors (Lipinski definition) is 1. The Kier molecular flexibility index (Phi) is 7.81. The molecule has 1 N–H and O–H groups in total. The normalized spacial score (nSPS) is 12.2. The lowest BCUT2D eigenvalue weighted by atomic mass is 10.1. The van der Waals surface area contributed by atoms with Gasteiger partial charge in [-0.15, -0.1) is 0 Å². The van der Waals surface area contributed by atoms with E-state index < -0.39 is 28.2 Å². The molecule has 2 rings (SSSR count). The second-order valence-corrected chi connectivity index (χ2v) is 9.85. The number of carbonyl (C=O) groups is 2. The van der Waals surface area contributed by atoms with Crippen molar-refractivity contribution in [3.05, 3.63) is 66.8 Å². The molecule has 7 nitrogen and oxygen atoms in total. The largest absolute Gasteiger partial charge is 0.454 e. The minimum atomic E-state index is -4.36. The van der Waals surface area contributed by atoms with Crippen molar-refractivity contribution in [2.75, 3.05) is 0 Å². The van der Waals surface area contributed by atoms with Crippen LogP contribution in [0, 0.1) is 7.14 Å². The van der Waals surface area contributed by atoms with Crippen LogP contribution in [0.15, 0.2) is 53.4 Å². The van der Waals surface area contributed by atoms with Gasteiger partial charge in [0.25, 0.3) is 10.1 Å². The minimum Gasteiger partial charge on any atom is -0.454 e. The zero-order chi connectivity index (χ0) is 21.9. The highest BCUT2D eigenvalue weighted by molar-refractivity contribution is 14.1. The van der Waals surface area contributed by atoms with Crippen molar-refractivity contribution >= 4 is 67.2 Å². The van der Waals surface area contributed by atoms with E-state index in [1.54, 1.807) is 19.1 Å². The molecule has 0 saturated heterocycles. The molecular weight excluding hydrogens is 626 g/mol. The molecule has 0 heterocycles. The van der Waals surface area contributed by atoms with Crippen LogP contribution in [0.4, 0.5) is 0 Å². The van der Waals surface area contributed by atoms with Gasteiger partial charge in [-0.2, -0.15) is 8.42 Å². The van der Waals surface area contributed by atoms with E-state index >= 15 is 0 Å². The van der Waals surface area contributed by atoms with Crippen LogP contribution in [0.25, 0.3) is 0 Å². The molecule has 0 aliphatic carbocycles. The highest BCUT2D eigenvalue weighted by atomic mass is 127. The van der Waals surface area contributed by atoms with E-state index in [-0.39, 0.29) is 21.8 Å². The fourth-order valence-corrected chi connectivity index (χ4v) is 4.71. The zero-order valence-corrected chi connectivity index (χ0v) is 20.4. The van der Waals surface area contributed by atoms with Gasteiger partial charge >= 0.3 is 11.9 Å². The van der Waals surface area contributed by atoms with Crippen LogP contribution in [-0.2, 0) is 19.6 Å². The minimum absolute atomic E-state index is 0.0873. The van der Waals surface area contributed by atoms with Gasteiger partial charge in [0.1, 0.15) is 6.10 Å². The second kappa shape index (κ2) is 9.53. The summed E-state index contributed by atoms with van der Waals surface area (Å²) in [4.78, 5) is 24.1. The van der Waals surface area contributed by atoms with E-state index in [4.69, 9.17) is 14.0 Å². The molecule has 2 aromatic rings. The summed E-state index contributed by atoms with van der Waals surface area (Å²) in [6.07, 6.45) is -0.702. The highest BCUT2D eigenvalue weighted by Crippen LogP contribution is 2.35. The molecule has 0 spiro atoms. The highest BCUT2D eigenvalue weighted by Gasteiger charge is 2.22. The summed E-state index contributed by atoms with van der Waals surface area (Å²) in [5.74, 6) is -1.06. The number of benzene rings is 2. The Hall–Kier alpha value is -1.51. The summed E-state index contributed by atoms with van der Waals surface area (Å²) < 4.78 is 43.7. The second-order valence-electron chi connectivity index (χ2n) is 6.02. The standard InChI is InChI=1S/C19H16I2O7S/c1-10(2)18(22)27-11(3)15-8-13(20)9-16(21)17(15)28-19(23)12-4-6-14(7-5-12)29(24,25)26/h4-9,11H,1H2,2-3H3,(H,24,25,26). The Morgan fingerprint density at radius 1 is 1.14 bits per heavy atom. The Morgan fingerprint density at radius 2 is 1.72 bits per heavy atom. The fraction of sp³-hybridized carbons (Fsp3) is 0.158. The average Bonchev–Trinajstić information content (AvgIpc) is 2.62. The van der Waals surface area contributed by atoms with Crippen molar-refractivity contribution in [3.8, 4) is 5.75 Å². The van der Waals surface area contributed by atoms with Crippen molar-refractivity contribution in [3.63, 3.8) is 0 Å². The maximum Gasteiger partial charge on any atom is 0.343 e. The van der Waals surface area contributed by atoms with E-state index in [2.05, 4.69) is 29.2 Å². The van der Waals surface area contributed by atoms with Crippen LogP contribution >= 0.6 is 45.2 Å². The summed E-state index contributed by atoms with van der Waals surface area (Å²) in [7, 11) is -4.36. The van der Waals surface area contributed by atoms with E-state index in [0.717, 1.165) is 15.7 Å². The SMILES string of the molecule is C=C(C)C(=O)OC(C)c1cc(I)cc(I)c1OC(=O)c1ccc(S(=O)(=O)O)cc1. The first-order chi connectivity index (χ1) is 13.4. The Morgan fingerprint density at radius 3 is 2.24 bits per heavy atom. The Balaban J connectivity index is 2.35. The summed E-state index contributed by atoms with van der Waals surface area (Å²) in [6.45, 7) is 6.73. The van der Waals surface area contributed by atoms with Crippen molar-refractivity contribution in [1.29, 1.82) is 0 Å². The number of esters is 2. The van der Waals surface area contributed by atoms with Crippen molar-refractivity contribution in [1.82, 2.24) is 0 Å². The number of ether oxygens (including phenoxy) is 2. The maximum atomic E-state index is 12.6. The molecule has 0 aromatic heterocycles. The zero-order valence-electron chi connectivity index (χ0n) is 15.3. The van der Waals surface area contributed by atoms with Crippen molar-refractivity contribution < 1.29 is 32.0 Å². The molecule has 0 saturated carbocycles. The third-order valence-corrected chi connectivity index (χ3v) is 5.98. The predicted octanol–water partition coefficient (Wildman–Crippen LogP) is 4.54. The fourth-order valence-electron chi connectivity index (χ4n) is 2.23. The third-order valence-electron chi connectivity index (χ3n) is 3.69. The van der Waals surface area contributed by atoms with E-state index in [9.17, 15) is 18.0 Å². The van der Waals surface area contributed by atoms with Gasteiger partial charge in [0.2, 0.25) is 0 Å². The van der Waals surface area contributed by atoms with Crippen LogP contribution in [0.3, 0.4) is 0 Å². The molecule has 1 unspecified atom stereocenters.